The van der Waals surface area contributed by atoms with Gasteiger partial charge in [0.25, 0.3) is 0 Å². The lowest BCUT2D eigenvalue weighted by Gasteiger charge is -2.06. The molecule has 2 rings (SSSR count). The lowest BCUT2D eigenvalue weighted by atomic mass is 10.0. The molecule has 0 atom stereocenters. The molecule has 0 bridgehead atoms. The molecule has 19 heavy (non-hydrogen) atoms. The van der Waals surface area contributed by atoms with E-state index < -0.39 is 17.6 Å². The summed E-state index contributed by atoms with van der Waals surface area (Å²) in [7, 11) is 0. The highest BCUT2D eigenvalue weighted by atomic mass is 19.1. The molecule has 0 saturated heterocycles. The number of carbonyl (C=O) groups is 1. The Morgan fingerprint density at radius 3 is 2.58 bits per heavy atom. The summed E-state index contributed by atoms with van der Waals surface area (Å²) >= 11 is 0. The van der Waals surface area contributed by atoms with Crippen molar-refractivity contribution in [1.29, 1.82) is 0 Å². The van der Waals surface area contributed by atoms with Crippen molar-refractivity contribution < 1.29 is 18.7 Å². The van der Waals surface area contributed by atoms with Gasteiger partial charge in [-0.15, -0.1) is 0 Å². The van der Waals surface area contributed by atoms with Crippen LogP contribution in [0.2, 0.25) is 0 Å². The maximum Gasteiger partial charge on any atom is 0.303 e. The summed E-state index contributed by atoms with van der Waals surface area (Å²) in [4.78, 5) is 10.5. The number of halogens is 2. The number of carboxylic acid groups (broad SMARTS) is 1. The Labute approximate surface area is 109 Å². The Morgan fingerprint density at radius 1 is 1.11 bits per heavy atom. The van der Waals surface area contributed by atoms with Gasteiger partial charge in [-0.25, -0.2) is 8.78 Å². The minimum absolute atomic E-state index is 0.0232. The molecular weight excluding hydrogens is 250 g/mol. The van der Waals surface area contributed by atoms with Gasteiger partial charge in [0.05, 0.1) is 0 Å². The van der Waals surface area contributed by atoms with Crippen LogP contribution >= 0.6 is 0 Å². The van der Waals surface area contributed by atoms with E-state index in [0.717, 1.165) is 11.6 Å². The van der Waals surface area contributed by atoms with Gasteiger partial charge in [0, 0.05) is 18.1 Å². The van der Waals surface area contributed by atoms with E-state index in [-0.39, 0.29) is 6.42 Å². The van der Waals surface area contributed by atoms with E-state index in [1.807, 2.05) is 0 Å². The molecule has 0 unspecified atom stereocenters. The Morgan fingerprint density at radius 2 is 1.89 bits per heavy atom. The molecule has 0 fully saturated rings. The van der Waals surface area contributed by atoms with E-state index in [1.165, 1.54) is 12.1 Å². The van der Waals surface area contributed by atoms with Gasteiger partial charge in [-0.05, 0) is 29.7 Å². The smallest absolute Gasteiger partial charge is 0.303 e. The molecule has 1 N–H and O–H groups in total. The van der Waals surface area contributed by atoms with Crippen LogP contribution in [0.3, 0.4) is 0 Å². The van der Waals surface area contributed by atoms with Crippen LogP contribution in [0, 0.1) is 11.6 Å². The number of hydrogen-bond donors (Lipinski definition) is 1. The van der Waals surface area contributed by atoms with Crippen LogP contribution in [0.1, 0.15) is 12.0 Å². The van der Waals surface area contributed by atoms with Crippen LogP contribution in [0.15, 0.2) is 42.5 Å². The first-order valence-electron chi connectivity index (χ1n) is 5.82. The monoisotopic (exact) mass is 262 g/mol. The summed E-state index contributed by atoms with van der Waals surface area (Å²) in [6, 6.07) is 10.4. The van der Waals surface area contributed by atoms with Gasteiger partial charge in [0.1, 0.15) is 11.6 Å². The molecule has 0 aromatic heterocycles. The first-order valence-corrected chi connectivity index (χ1v) is 5.82. The van der Waals surface area contributed by atoms with Gasteiger partial charge < -0.3 is 5.11 Å². The van der Waals surface area contributed by atoms with Crippen molar-refractivity contribution in [3.8, 4) is 11.1 Å². The maximum absolute atomic E-state index is 13.6. The van der Waals surface area contributed by atoms with E-state index in [9.17, 15) is 13.6 Å². The maximum atomic E-state index is 13.6. The molecule has 0 aliphatic carbocycles. The Hall–Kier alpha value is -2.23. The molecule has 2 aromatic rings. The average molecular weight is 262 g/mol. The van der Waals surface area contributed by atoms with Crippen LogP contribution in [0.25, 0.3) is 11.1 Å². The summed E-state index contributed by atoms with van der Waals surface area (Å²) in [6.07, 6.45) is 0.404. The van der Waals surface area contributed by atoms with Crippen LogP contribution in [0.5, 0.6) is 0 Å². The van der Waals surface area contributed by atoms with Crippen molar-refractivity contribution in [3.05, 3.63) is 59.7 Å². The quantitative estimate of drug-likeness (QED) is 0.913. The van der Waals surface area contributed by atoms with Gasteiger partial charge in [-0.1, -0.05) is 24.3 Å². The molecule has 0 spiro atoms. The summed E-state index contributed by atoms with van der Waals surface area (Å²) in [5.41, 5.74) is 1.72. The van der Waals surface area contributed by atoms with E-state index in [1.54, 1.807) is 24.3 Å². The van der Waals surface area contributed by atoms with Gasteiger partial charge in [-0.3, -0.25) is 4.79 Å². The van der Waals surface area contributed by atoms with Crippen LogP contribution in [-0.2, 0) is 11.2 Å². The molecule has 0 heterocycles. The fourth-order valence-corrected chi connectivity index (χ4v) is 1.87. The summed E-state index contributed by atoms with van der Waals surface area (Å²) in [5.74, 6) is -2.13. The first-order chi connectivity index (χ1) is 9.06. The molecule has 2 aromatic carbocycles. The van der Waals surface area contributed by atoms with E-state index in [0.29, 0.717) is 17.5 Å². The largest absolute Gasteiger partial charge is 0.481 e. The van der Waals surface area contributed by atoms with E-state index in [2.05, 4.69) is 0 Å². The van der Waals surface area contributed by atoms with Gasteiger partial charge >= 0.3 is 5.97 Å². The lowest BCUT2D eigenvalue weighted by Crippen LogP contribution is -1.97. The predicted molar refractivity (Wildman–Crippen MR) is 67.8 cm³/mol. The first kappa shape index (κ1) is 13.2. The van der Waals surface area contributed by atoms with Gasteiger partial charge in [-0.2, -0.15) is 0 Å². The van der Waals surface area contributed by atoms with Crippen LogP contribution in [0.4, 0.5) is 8.78 Å². The molecule has 0 aliphatic rings. The van der Waals surface area contributed by atoms with Crippen molar-refractivity contribution in [2.24, 2.45) is 0 Å². The molecule has 98 valence electrons. The number of aliphatic carboxylic acids is 1. The van der Waals surface area contributed by atoms with E-state index >= 15 is 0 Å². The molecule has 2 nitrogen and oxygen atoms in total. The molecule has 0 aliphatic heterocycles. The van der Waals surface area contributed by atoms with Crippen molar-refractivity contribution in [2.75, 3.05) is 0 Å². The third-order valence-corrected chi connectivity index (χ3v) is 2.80. The topological polar surface area (TPSA) is 37.3 Å². The average Bonchev–Trinajstić information content (AvgIpc) is 2.36. The minimum Gasteiger partial charge on any atom is -0.481 e. The van der Waals surface area contributed by atoms with Crippen molar-refractivity contribution in [3.63, 3.8) is 0 Å². The fraction of sp³-hybridized carbons (Fsp3) is 0.133. The van der Waals surface area contributed by atoms with Crippen LogP contribution < -0.4 is 0 Å². The van der Waals surface area contributed by atoms with Gasteiger partial charge in [0.2, 0.25) is 0 Å². The van der Waals surface area contributed by atoms with Crippen molar-refractivity contribution in [2.45, 2.75) is 12.8 Å². The zero-order valence-electron chi connectivity index (χ0n) is 10.1. The highest BCUT2D eigenvalue weighted by Gasteiger charge is 2.07. The van der Waals surface area contributed by atoms with Crippen molar-refractivity contribution >= 4 is 5.97 Å². The Kier molecular flexibility index (Phi) is 3.90. The Bertz CT molecular complexity index is 609. The zero-order chi connectivity index (χ0) is 13.8. The van der Waals surface area contributed by atoms with Crippen molar-refractivity contribution in [1.82, 2.24) is 0 Å². The second-order valence-corrected chi connectivity index (χ2v) is 4.22. The number of aryl methyl sites for hydroxylation is 1. The summed E-state index contributed by atoms with van der Waals surface area (Å²) in [5, 5.41) is 8.63. The summed E-state index contributed by atoms with van der Waals surface area (Å²) < 4.78 is 26.5. The highest BCUT2D eigenvalue weighted by molar-refractivity contribution is 5.68. The minimum atomic E-state index is -0.877. The molecular formula is C15H12F2O2. The second-order valence-electron chi connectivity index (χ2n) is 4.22. The predicted octanol–water partition coefficient (Wildman–Crippen LogP) is 3.65. The standard InChI is InChI=1S/C15H12F2O2/c16-12-5-6-13(14(17)9-12)11-3-1-2-10(8-11)4-7-15(18)19/h1-3,5-6,8-9H,4,7H2,(H,18,19). The zero-order valence-corrected chi connectivity index (χ0v) is 10.1. The fourth-order valence-electron chi connectivity index (χ4n) is 1.87. The third kappa shape index (κ3) is 3.37. The third-order valence-electron chi connectivity index (χ3n) is 2.80. The SMILES string of the molecule is O=C(O)CCc1cccc(-c2ccc(F)cc2F)c1. The molecule has 0 radical (unpaired) electrons. The lowest BCUT2D eigenvalue weighted by molar-refractivity contribution is -0.136. The normalized spacial score (nSPS) is 10.4. The summed E-state index contributed by atoms with van der Waals surface area (Å²) in [6.45, 7) is 0. The Balaban J connectivity index is 2.29. The highest BCUT2D eigenvalue weighted by Crippen LogP contribution is 2.24. The van der Waals surface area contributed by atoms with Crippen LogP contribution in [-0.4, -0.2) is 11.1 Å². The van der Waals surface area contributed by atoms with Gasteiger partial charge in [0.15, 0.2) is 0 Å². The molecule has 0 amide bonds. The second kappa shape index (κ2) is 5.61. The number of benzene rings is 2. The molecule has 0 saturated carbocycles. The molecule has 4 heteroatoms. The number of carboxylic acids is 1. The number of hydrogen-bond acceptors (Lipinski definition) is 1. The number of rotatable bonds is 4. The van der Waals surface area contributed by atoms with E-state index in [4.69, 9.17) is 5.11 Å².